The van der Waals surface area contributed by atoms with Gasteiger partial charge >= 0.3 is 0 Å². The number of piperidine rings is 2. The van der Waals surface area contributed by atoms with Gasteiger partial charge in [-0.1, -0.05) is 0 Å². The summed E-state index contributed by atoms with van der Waals surface area (Å²) in [6.07, 6.45) is 6.82. The van der Waals surface area contributed by atoms with Crippen molar-refractivity contribution in [1.82, 2.24) is 15.1 Å². The van der Waals surface area contributed by atoms with Crippen molar-refractivity contribution in [1.29, 1.82) is 0 Å². The Labute approximate surface area is 167 Å². The van der Waals surface area contributed by atoms with Crippen molar-refractivity contribution in [3.05, 3.63) is 24.2 Å². The Morgan fingerprint density at radius 2 is 2.07 bits per heavy atom. The zero-order valence-electron chi connectivity index (χ0n) is 16.9. The number of likely N-dealkylation sites (tertiary alicyclic amines) is 2. The van der Waals surface area contributed by atoms with Gasteiger partial charge in [0.2, 0.25) is 11.8 Å². The zero-order chi connectivity index (χ0) is 19.8. The lowest BCUT2D eigenvalue weighted by Gasteiger charge is -2.42. The van der Waals surface area contributed by atoms with Crippen molar-refractivity contribution in [3.63, 3.8) is 0 Å². The lowest BCUT2D eigenvalue weighted by atomic mass is 9.93. The van der Waals surface area contributed by atoms with Crippen LogP contribution in [0.15, 0.2) is 22.8 Å². The number of nitrogens with zero attached hydrogens (tertiary/aromatic N) is 2. The molecule has 156 valence electrons. The third-order valence-corrected chi connectivity index (χ3v) is 5.93. The van der Waals surface area contributed by atoms with E-state index in [4.69, 9.17) is 9.15 Å². The first kappa shape index (κ1) is 20.9. The Bertz CT molecular complexity index is 611. The van der Waals surface area contributed by atoms with Gasteiger partial charge < -0.3 is 19.4 Å². The number of carbonyl (C=O) groups is 2. The summed E-state index contributed by atoms with van der Waals surface area (Å²) in [5, 5.41) is 2.97. The van der Waals surface area contributed by atoms with Gasteiger partial charge in [0.05, 0.1) is 18.8 Å². The number of ether oxygens (including phenoxy) is 1. The van der Waals surface area contributed by atoms with E-state index < -0.39 is 0 Å². The number of carbonyl (C=O) groups excluding carboxylic acids is 2. The lowest BCUT2D eigenvalue weighted by molar-refractivity contribution is -0.133. The maximum absolute atomic E-state index is 12.5. The van der Waals surface area contributed by atoms with E-state index in [0.29, 0.717) is 32.0 Å². The first-order valence-corrected chi connectivity index (χ1v) is 10.5. The molecule has 0 saturated carbocycles. The monoisotopic (exact) mass is 391 g/mol. The highest BCUT2D eigenvalue weighted by molar-refractivity contribution is 5.79. The number of nitrogens with one attached hydrogen (secondary N) is 1. The number of hydrogen-bond acceptors (Lipinski definition) is 5. The van der Waals surface area contributed by atoms with Crippen LogP contribution in [-0.2, 0) is 20.7 Å². The number of methoxy groups -OCH3 is 1. The average Bonchev–Trinajstić information content (AvgIpc) is 3.26. The fraction of sp³-hybridized carbons (Fsp3) is 0.714. The van der Waals surface area contributed by atoms with Crippen LogP contribution < -0.4 is 5.32 Å². The Morgan fingerprint density at radius 1 is 1.25 bits per heavy atom. The van der Waals surface area contributed by atoms with Crippen molar-refractivity contribution in [2.45, 2.75) is 44.6 Å². The number of rotatable bonds is 8. The summed E-state index contributed by atoms with van der Waals surface area (Å²) in [5.74, 6) is 1.29. The minimum absolute atomic E-state index is 0.0681. The lowest BCUT2D eigenvalue weighted by Crippen LogP contribution is -2.51. The van der Waals surface area contributed by atoms with Gasteiger partial charge in [-0.2, -0.15) is 0 Å². The normalized spacial score (nSPS) is 21.6. The molecule has 7 nitrogen and oxygen atoms in total. The maximum Gasteiger partial charge on any atom is 0.224 e. The van der Waals surface area contributed by atoms with Gasteiger partial charge in [-0.3, -0.25) is 14.5 Å². The molecule has 3 rings (SSSR count). The molecule has 28 heavy (non-hydrogen) atoms. The Morgan fingerprint density at radius 3 is 2.79 bits per heavy atom. The molecule has 0 spiro atoms. The molecule has 2 fully saturated rings. The molecule has 2 aliphatic heterocycles. The maximum atomic E-state index is 12.5. The molecule has 2 amide bonds. The zero-order valence-corrected chi connectivity index (χ0v) is 16.9. The number of hydrogen-bond donors (Lipinski definition) is 1. The standard InChI is InChI=1S/C21H33N3O4/c1-27-15-10-22-21(26)17-4-2-11-24(16-17)18-8-12-23(13-9-18)20(25)7-6-19-5-3-14-28-19/h3,5,14,17-18H,2,4,6-13,15-16H2,1H3,(H,22,26). The number of furan rings is 1. The highest BCUT2D eigenvalue weighted by atomic mass is 16.5. The van der Waals surface area contributed by atoms with Gasteiger partial charge in [0.1, 0.15) is 5.76 Å². The van der Waals surface area contributed by atoms with E-state index in [2.05, 4.69) is 10.2 Å². The molecule has 7 heteroatoms. The third-order valence-electron chi connectivity index (χ3n) is 5.93. The molecule has 1 unspecified atom stereocenters. The third kappa shape index (κ3) is 5.82. The van der Waals surface area contributed by atoms with Gasteiger partial charge in [-0.15, -0.1) is 0 Å². The summed E-state index contributed by atoms with van der Waals surface area (Å²) in [7, 11) is 1.64. The number of aryl methyl sites for hydroxylation is 1. The molecule has 1 N–H and O–H groups in total. The molecule has 0 aliphatic carbocycles. The average molecular weight is 392 g/mol. The van der Waals surface area contributed by atoms with Crippen molar-refractivity contribution < 1.29 is 18.7 Å². The molecule has 0 aromatic carbocycles. The van der Waals surface area contributed by atoms with E-state index in [1.54, 1.807) is 13.4 Å². The molecule has 0 radical (unpaired) electrons. The van der Waals surface area contributed by atoms with E-state index in [0.717, 1.165) is 57.6 Å². The van der Waals surface area contributed by atoms with Gasteiger partial charge in [0.25, 0.3) is 0 Å². The molecular formula is C21H33N3O4. The first-order valence-electron chi connectivity index (χ1n) is 10.5. The summed E-state index contributed by atoms with van der Waals surface area (Å²) in [5.41, 5.74) is 0. The van der Waals surface area contributed by atoms with E-state index in [9.17, 15) is 9.59 Å². The highest BCUT2D eigenvalue weighted by Gasteiger charge is 2.32. The van der Waals surface area contributed by atoms with Crippen molar-refractivity contribution >= 4 is 11.8 Å². The smallest absolute Gasteiger partial charge is 0.224 e. The molecule has 2 saturated heterocycles. The van der Waals surface area contributed by atoms with E-state index in [1.807, 2.05) is 17.0 Å². The second kappa shape index (κ2) is 10.6. The molecule has 1 aromatic rings. The van der Waals surface area contributed by atoms with Crippen LogP contribution in [0, 0.1) is 5.92 Å². The fourth-order valence-electron chi connectivity index (χ4n) is 4.30. The van der Waals surface area contributed by atoms with E-state index in [1.165, 1.54) is 0 Å². The van der Waals surface area contributed by atoms with Crippen LogP contribution in [0.2, 0.25) is 0 Å². The quantitative estimate of drug-likeness (QED) is 0.683. The van der Waals surface area contributed by atoms with E-state index in [-0.39, 0.29) is 17.7 Å². The molecular weight excluding hydrogens is 358 g/mol. The number of amides is 2. The second-order valence-electron chi connectivity index (χ2n) is 7.81. The predicted octanol–water partition coefficient (Wildman–Crippen LogP) is 1.68. The van der Waals surface area contributed by atoms with Gasteiger partial charge in [0.15, 0.2) is 0 Å². The Kier molecular flexibility index (Phi) is 7.91. The van der Waals surface area contributed by atoms with Crippen LogP contribution in [0.3, 0.4) is 0 Å². The summed E-state index contributed by atoms with van der Waals surface area (Å²) in [6.45, 7) is 4.62. The van der Waals surface area contributed by atoms with Crippen LogP contribution in [0.4, 0.5) is 0 Å². The van der Waals surface area contributed by atoms with Gasteiger partial charge in [-0.25, -0.2) is 0 Å². The molecule has 1 atom stereocenters. The first-order chi connectivity index (χ1) is 13.7. The molecule has 2 aliphatic rings. The minimum Gasteiger partial charge on any atom is -0.469 e. The highest BCUT2D eigenvalue weighted by Crippen LogP contribution is 2.24. The molecule has 3 heterocycles. The van der Waals surface area contributed by atoms with Gasteiger partial charge in [0, 0.05) is 52.2 Å². The fourth-order valence-corrected chi connectivity index (χ4v) is 4.30. The summed E-state index contributed by atoms with van der Waals surface area (Å²) in [4.78, 5) is 29.3. The Balaban J connectivity index is 1.40. The van der Waals surface area contributed by atoms with Gasteiger partial charge in [-0.05, 0) is 44.4 Å². The van der Waals surface area contributed by atoms with Crippen molar-refractivity contribution in [2.24, 2.45) is 5.92 Å². The van der Waals surface area contributed by atoms with E-state index >= 15 is 0 Å². The van der Waals surface area contributed by atoms with Crippen LogP contribution in [-0.4, -0.2) is 74.1 Å². The predicted molar refractivity (Wildman–Crippen MR) is 106 cm³/mol. The minimum atomic E-state index is 0.0681. The second-order valence-corrected chi connectivity index (χ2v) is 7.81. The SMILES string of the molecule is COCCNC(=O)C1CCCN(C2CCN(C(=O)CCc3ccco3)CC2)C1. The van der Waals surface area contributed by atoms with Crippen LogP contribution >= 0.6 is 0 Å². The van der Waals surface area contributed by atoms with Crippen LogP contribution in [0.5, 0.6) is 0 Å². The van der Waals surface area contributed by atoms with Crippen molar-refractivity contribution in [2.75, 3.05) is 46.4 Å². The molecule has 0 bridgehead atoms. The van der Waals surface area contributed by atoms with Crippen LogP contribution in [0.25, 0.3) is 0 Å². The summed E-state index contributed by atoms with van der Waals surface area (Å²) >= 11 is 0. The largest absolute Gasteiger partial charge is 0.469 e. The van der Waals surface area contributed by atoms with Crippen LogP contribution in [0.1, 0.15) is 37.9 Å². The summed E-state index contributed by atoms with van der Waals surface area (Å²) in [6, 6.07) is 4.25. The van der Waals surface area contributed by atoms with Crippen molar-refractivity contribution in [3.8, 4) is 0 Å². The molecule has 1 aromatic heterocycles. The topological polar surface area (TPSA) is 75.0 Å². The summed E-state index contributed by atoms with van der Waals surface area (Å²) < 4.78 is 10.3. The Hall–Kier alpha value is -1.86.